The molecule has 0 aliphatic heterocycles. The molecule has 0 spiro atoms. The number of carbonyl (C=O) groups excluding carboxylic acids is 1. The van der Waals surface area contributed by atoms with Gasteiger partial charge in [-0.2, -0.15) is 0 Å². The van der Waals surface area contributed by atoms with Gasteiger partial charge in [0.05, 0.1) is 29.4 Å². The van der Waals surface area contributed by atoms with Crippen LogP contribution in [0.2, 0.25) is 5.02 Å². The number of ether oxygens (including phenoxy) is 1. The van der Waals surface area contributed by atoms with Gasteiger partial charge in [0.1, 0.15) is 0 Å². The lowest BCUT2D eigenvalue weighted by atomic mass is 10.1. The topological polar surface area (TPSA) is 39.2 Å². The molecule has 1 aromatic heterocycles. The molecule has 0 N–H and O–H groups in total. The van der Waals surface area contributed by atoms with Crippen molar-refractivity contribution in [2.75, 3.05) is 6.61 Å². The molecule has 0 atom stereocenters. The van der Waals surface area contributed by atoms with Crippen LogP contribution in [0.1, 0.15) is 30.3 Å². The number of hydrogen-bond donors (Lipinski definition) is 0. The highest BCUT2D eigenvalue weighted by molar-refractivity contribution is 9.08. The predicted octanol–water partition coefficient (Wildman–Crippen LogP) is 3.67. The molecular formula is C11H11BrClF2NO2. The first-order valence-corrected chi connectivity index (χ1v) is 6.67. The number of rotatable bonds is 5. The summed E-state index contributed by atoms with van der Waals surface area (Å²) in [7, 11) is 0. The van der Waals surface area contributed by atoms with Crippen molar-refractivity contribution >= 4 is 33.5 Å². The van der Waals surface area contributed by atoms with Gasteiger partial charge >= 0.3 is 5.97 Å². The Balaban J connectivity index is 3.09. The number of pyridine rings is 1. The molecule has 0 bridgehead atoms. The summed E-state index contributed by atoms with van der Waals surface area (Å²) < 4.78 is 30.3. The summed E-state index contributed by atoms with van der Waals surface area (Å²) >= 11 is 8.94. The molecule has 0 saturated heterocycles. The van der Waals surface area contributed by atoms with Crippen molar-refractivity contribution in [1.82, 2.24) is 4.98 Å². The van der Waals surface area contributed by atoms with Crippen molar-refractivity contribution < 1.29 is 18.3 Å². The van der Waals surface area contributed by atoms with E-state index in [0.717, 1.165) is 0 Å². The molecule has 100 valence electrons. The van der Waals surface area contributed by atoms with Gasteiger partial charge in [0.15, 0.2) is 0 Å². The van der Waals surface area contributed by atoms with Crippen LogP contribution in [0, 0.1) is 0 Å². The highest BCUT2D eigenvalue weighted by atomic mass is 79.9. The van der Waals surface area contributed by atoms with Crippen molar-refractivity contribution in [2.45, 2.75) is 25.1 Å². The normalized spacial score (nSPS) is 10.8. The number of esters is 1. The second-order valence-corrected chi connectivity index (χ2v) is 4.32. The number of hydrogen-bond acceptors (Lipinski definition) is 3. The molecule has 18 heavy (non-hydrogen) atoms. The third kappa shape index (κ3) is 3.88. The molecule has 3 nitrogen and oxygen atoms in total. The van der Waals surface area contributed by atoms with E-state index in [0.29, 0.717) is 11.0 Å². The summed E-state index contributed by atoms with van der Waals surface area (Å²) in [6, 6.07) is 1.22. The maximum absolute atomic E-state index is 12.8. The van der Waals surface area contributed by atoms with Crippen LogP contribution in [0.25, 0.3) is 0 Å². The fourth-order valence-corrected chi connectivity index (χ4v) is 1.89. The lowest BCUT2D eigenvalue weighted by Crippen LogP contribution is -2.11. The Morgan fingerprint density at radius 1 is 1.61 bits per heavy atom. The van der Waals surface area contributed by atoms with Crippen molar-refractivity contribution in [3.63, 3.8) is 0 Å². The summed E-state index contributed by atoms with van der Waals surface area (Å²) in [6.07, 6.45) is -2.92. The van der Waals surface area contributed by atoms with Gasteiger partial charge in [-0.05, 0) is 13.0 Å². The molecule has 1 aromatic rings. The Hall–Kier alpha value is -0.750. The lowest BCUT2D eigenvalue weighted by molar-refractivity contribution is -0.142. The van der Waals surface area contributed by atoms with E-state index in [2.05, 4.69) is 20.9 Å². The van der Waals surface area contributed by atoms with E-state index in [4.69, 9.17) is 16.3 Å². The highest BCUT2D eigenvalue weighted by Crippen LogP contribution is 2.30. The molecule has 0 radical (unpaired) electrons. The van der Waals surface area contributed by atoms with Crippen LogP contribution in [-0.4, -0.2) is 17.6 Å². The van der Waals surface area contributed by atoms with Crippen LogP contribution < -0.4 is 0 Å². The molecule has 1 heterocycles. The maximum atomic E-state index is 12.8. The smallest absolute Gasteiger partial charge is 0.311 e. The Morgan fingerprint density at radius 2 is 2.28 bits per heavy atom. The molecule has 0 saturated carbocycles. The van der Waals surface area contributed by atoms with E-state index in [-0.39, 0.29) is 29.3 Å². The number of alkyl halides is 3. The highest BCUT2D eigenvalue weighted by Gasteiger charge is 2.19. The first kappa shape index (κ1) is 15.3. The van der Waals surface area contributed by atoms with Gasteiger partial charge in [-0.1, -0.05) is 27.5 Å². The number of aromatic nitrogens is 1. The van der Waals surface area contributed by atoms with E-state index in [9.17, 15) is 13.6 Å². The zero-order chi connectivity index (χ0) is 13.7. The lowest BCUT2D eigenvalue weighted by Gasteiger charge is -2.10. The minimum absolute atomic E-state index is 0.113. The fourth-order valence-electron chi connectivity index (χ4n) is 1.36. The van der Waals surface area contributed by atoms with Crippen LogP contribution in [0.3, 0.4) is 0 Å². The minimum atomic E-state index is -2.71. The first-order valence-electron chi connectivity index (χ1n) is 5.17. The molecule has 0 fully saturated rings. The molecule has 0 amide bonds. The molecular weight excluding hydrogens is 331 g/mol. The van der Waals surface area contributed by atoms with Gasteiger partial charge in [0.2, 0.25) is 0 Å². The van der Waals surface area contributed by atoms with Crippen LogP contribution in [0.4, 0.5) is 8.78 Å². The average Bonchev–Trinajstić information content (AvgIpc) is 2.31. The summed E-state index contributed by atoms with van der Waals surface area (Å²) in [5, 5.41) is 0.127. The SMILES string of the molecule is CCOC(=O)Cc1nc(CBr)cc(C(F)F)c1Cl. The van der Waals surface area contributed by atoms with E-state index in [1.165, 1.54) is 6.07 Å². The standard InChI is InChI=1S/C11H11BrClF2NO2/c1-2-18-9(17)4-8-10(13)7(11(14)15)3-6(5-12)16-8/h3,11H,2,4-5H2,1H3. The van der Waals surface area contributed by atoms with Gasteiger partial charge in [-0.25, -0.2) is 8.78 Å². The predicted molar refractivity (Wildman–Crippen MR) is 67.2 cm³/mol. The zero-order valence-electron chi connectivity index (χ0n) is 9.55. The van der Waals surface area contributed by atoms with Crippen LogP contribution in [0.15, 0.2) is 6.07 Å². The molecule has 0 aliphatic rings. The summed E-state index contributed by atoms with van der Waals surface area (Å²) in [5.41, 5.74) is 0.191. The quantitative estimate of drug-likeness (QED) is 0.605. The Bertz CT molecular complexity index is 443. The van der Waals surface area contributed by atoms with Crippen LogP contribution in [0.5, 0.6) is 0 Å². The number of halogens is 4. The summed E-state index contributed by atoms with van der Waals surface area (Å²) in [4.78, 5) is 15.4. The van der Waals surface area contributed by atoms with E-state index in [1.807, 2.05) is 0 Å². The van der Waals surface area contributed by atoms with Gasteiger partial charge in [0.25, 0.3) is 6.43 Å². The van der Waals surface area contributed by atoms with Crippen LogP contribution in [-0.2, 0) is 21.3 Å². The molecule has 0 aliphatic carbocycles. The largest absolute Gasteiger partial charge is 0.466 e. The Morgan fingerprint density at radius 3 is 2.78 bits per heavy atom. The van der Waals surface area contributed by atoms with Crippen molar-refractivity contribution in [2.24, 2.45) is 0 Å². The third-order valence-electron chi connectivity index (χ3n) is 2.10. The monoisotopic (exact) mass is 341 g/mol. The van der Waals surface area contributed by atoms with Crippen molar-refractivity contribution in [1.29, 1.82) is 0 Å². The number of nitrogens with zero attached hydrogens (tertiary/aromatic N) is 1. The van der Waals surface area contributed by atoms with Gasteiger partial charge in [-0.3, -0.25) is 9.78 Å². The molecule has 0 aromatic carbocycles. The zero-order valence-corrected chi connectivity index (χ0v) is 11.9. The van der Waals surface area contributed by atoms with Crippen LogP contribution >= 0.6 is 27.5 Å². The minimum Gasteiger partial charge on any atom is -0.466 e. The maximum Gasteiger partial charge on any atom is 0.311 e. The fraction of sp³-hybridized carbons (Fsp3) is 0.455. The van der Waals surface area contributed by atoms with E-state index >= 15 is 0 Å². The van der Waals surface area contributed by atoms with Crippen molar-refractivity contribution in [3.05, 3.63) is 28.0 Å². The third-order valence-corrected chi connectivity index (χ3v) is 3.11. The van der Waals surface area contributed by atoms with Gasteiger partial charge in [0, 0.05) is 10.9 Å². The first-order chi connectivity index (χ1) is 8.49. The van der Waals surface area contributed by atoms with Gasteiger partial charge < -0.3 is 4.74 Å². The van der Waals surface area contributed by atoms with Crippen molar-refractivity contribution in [3.8, 4) is 0 Å². The summed E-state index contributed by atoms with van der Waals surface area (Å²) in [6.45, 7) is 1.88. The molecule has 1 rings (SSSR count). The van der Waals surface area contributed by atoms with E-state index in [1.54, 1.807) is 6.92 Å². The van der Waals surface area contributed by atoms with Gasteiger partial charge in [-0.15, -0.1) is 0 Å². The molecule has 7 heteroatoms. The number of carbonyl (C=O) groups is 1. The summed E-state index contributed by atoms with van der Waals surface area (Å²) in [5.74, 6) is -0.543. The van der Waals surface area contributed by atoms with E-state index < -0.39 is 12.4 Å². The second kappa shape index (κ2) is 6.99. The average molecular weight is 343 g/mol. The second-order valence-electron chi connectivity index (χ2n) is 3.38. The Labute approximate surface area is 117 Å². The molecule has 0 unspecified atom stereocenters. The Kier molecular flexibility index (Phi) is 5.95.